The van der Waals surface area contributed by atoms with Gasteiger partial charge in [-0.15, -0.1) is 0 Å². The predicted molar refractivity (Wildman–Crippen MR) is 69.5 cm³/mol. The minimum absolute atomic E-state index is 0.195. The number of carbonyl (C=O) groups excluding carboxylic acids is 1. The van der Waals surface area contributed by atoms with Crippen molar-refractivity contribution in [2.75, 3.05) is 5.75 Å². The van der Waals surface area contributed by atoms with Gasteiger partial charge in [-0.25, -0.2) is 5.84 Å². The number of hydrogen-bond donors (Lipinski definition) is 3. The van der Waals surface area contributed by atoms with Gasteiger partial charge in [0.05, 0.1) is 0 Å². The van der Waals surface area contributed by atoms with E-state index in [0.29, 0.717) is 0 Å². The standard InChI is InChI=1S/C11H19N3O2S/c1-7-8(5-17-6-11(2,3)12)4-9(16-7)10(15)14-13/h4H,5-6,12-13H2,1-3H3,(H,14,15). The summed E-state index contributed by atoms with van der Waals surface area (Å²) in [6, 6.07) is 1.72. The zero-order valence-electron chi connectivity index (χ0n) is 10.4. The van der Waals surface area contributed by atoms with Crippen molar-refractivity contribution in [3.63, 3.8) is 0 Å². The predicted octanol–water partition coefficient (Wildman–Crippen LogP) is 1.16. The van der Waals surface area contributed by atoms with Gasteiger partial charge in [-0.3, -0.25) is 10.2 Å². The van der Waals surface area contributed by atoms with Crippen molar-refractivity contribution in [2.24, 2.45) is 11.6 Å². The largest absolute Gasteiger partial charge is 0.456 e. The molecule has 17 heavy (non-hydrogen) atoms. The number of rotatable bonds is 5. The number of carbonyl (C=O) groups is 1. The second kappa shape index (κ2) is 5.57. The average Bonchev–Trinajstić information content (AvgIpc) is 2.57. The molecule has 1 aromatic heterocycles. The van der Waals surface area contributed by atoms with Crippen LogP contribution in [-0.2, 0) is 5.75 Å². The molecule has 1 rings (SSSR count). The summed E-state index contributed by atoms with van der Waals surface area (Å²) in [5.74, 6) is 7.23. The van der Waals surface area contributed by atoms with E-state index in [1.165, 1.54) is 0 Å². The first kappa shape index (κ1) is 14.1. The Morgan fingerprint density at radius 2 is 2.24 bits per heavy atom. The summed E-state index contributed by atoms with van der Waals surface area (Å²) in [6.07, 6.45) is 0. The molecule has 0 aromatic carbocycles. The van der Waals surface area contributed by atoms with E-state index >= 15 is 0 Å². The van der Waals surface area contributed by atoms with Crippen LogP contribution >= 0.6 is 11.8 Å². The van der Waals surface area contributed by atoms with Crippen LogP contribution in [0.4, 0.5) is 0 Å². The molecule has 5 nitrogen and oxygen atoms in total. The third-order valence-corrected chi connectivity index (χ3v) is 3.57. The van der Waals surface area contributed by atoms with Crippen molar-refractivity contribution in [3.05, 3.63) is 23.2 Å². The molecule has 96 valence electrons. The van der Waals surface area contributed by atoms with Gasteiger partial charge in [0.1, 0.15) is 5.76 Å². The summed E-state index contributed by atoms with van der Waals surface area (Å²) in [5.41, 5.74) is 8.73. The van der Waals surface area contributed by atoms with Gasteiger partial charge in [-0.05, 0) is 26.8 Å². The Morgan fingerprint density at radius 3 is 2.76 bits per heavy atom. The first-order valence-corrected chi connectivity index (χ1v) is 6.46. The minimum Gasteiger partial charge on any atom is -0.456 e. The summed E-state index contributed by atoms with van der Waals surface area (Å²) in [6.45, 7) is 5.79. The van der Waals surface area contributed by atoms with Crippen LogP contribution in [0, 0.1) is 6.92 Å². The molecule has 0 bridgehead atoms. The number of nitrogens with two attached hydrogens (primary N) is 2. The van der Waals surface area contributed by atoms with Gasteiger partial charge in [0, 0.05) is 22.6 Å². The van der Waals surface area contributed by atoms with E-state index in [4.69, 9.17) is 16.0 Å². The maximum Gasteiger partial charge on any atom is 0.300 e. The van der Waals surface area contributed by atoms with E-state index < -0.39 is 5.91 Å². The number of hydrogen-bond acceptors (Lipinski definition) is 5. The monoisotopic (exact) mass is 257 g/mol. The summed E-state index contributed by atoms with van der Waals surface area (Å²) >= 11 is 1.71. The molecule has 0 saturated heterocycles. The summed E-state index contributed by atoms with van der Waals surface area (Å²) < 4.78 is 5.31. The van der Waals surface area contributed by atoms with E-state index in [9.17, 15) is 4.79 Å². The van der Waals surface area contributed by atoms with Crippen molar-refractivity contribution in [3.8, 4) is 0 Å². The number of thioether (sulfide) groups is 1. The Labute approximate surface area is 105 Å². The first-order chi connectivity index (χ1) is 7.83. The van der Waals surface area contributed by atoms with E-state index in [-0.39, 0.29) is 11.3 Å². The highest BCUT2D eigenvalue weighted by Crippen LogP contribution is 2.22. The maximum absolute atomic E-state index is 11.3. The lowest BCUT2D eigenvalue weighted by molar-refractivity contribution is 0.0924. The van der Waals surface area contributed by atoms with Crippen LogP contribution in [0.15, 0.2) is 10.5 Å². The first-order valence-electron chi connectivity index (χ1n) is 5.30. The fourth-order valence-corrected chi connectivity index (χ4v) is 2.40. The van der Waals surface area contributed by atoms with Crippen molar-refractivity contribution in [2.45, 2.75) is 32.1 Å². The number of nitrogens with one attached hydrogen (secondary N) is 1. The van der Waals surface area contributed by atoms with Gasteiger partial charge < -0.3 is 10.2 Å². The van der Waals surface area contributed by atoms with Crippen LogP contribution in [0.25, 0.3) is 0 Å². The molecule has 0 unspecified atom stereocenters. The lowest BCUT2D eigenvalue weighted by Gasteiger charge is -2.17. The molecule has 0 aliphatic carbocycles. The molecule has 6 heteroatoms. The molecule has 0 aliphatic rings. The fourth-order valence-electron chi connectivity index (χ4n) is 1.27. The zero-order valence-corrected chi connectivity index (χ0v) is 11.2. The van der Waals surface area contributed by atoms with Crippen LogP contribution < -0.4 is 17.0 Å². The maximum atomic E-state index is 11.3. The second-order valence-electron chi connectivity index (χ2n) is 4.65. The molecule has 0 atom stereocenters. The summed E-state index contributed by atoms with van der Waals surface area (Å²) in [7, 11) is 0. The third kappa shape index (κ3) is 4.41. The van der Waals surface area contributed by atoms with Gasteiger partial charge in [-0.2, -0.15) is 11.8 Å². The Balaban J connectivity index is 2.60. The number of aryl methyl sites for hydroxylation is 1. The molecule has 1 amide bonds. The second-order valence-corrected chi connectivity index (χ2v) is 5.63. The Morgan fingerprint density at radius 1 is 1.59 bits per heavy atom. The van der Waals surface area contributed by atoms with Gasteiger partial charge >= 0.3 is 5.91 Å². The van der Waals surface area contributed by atoms with E-state index in [1.54, 1.807) is 17.8 Å². The fraction of sp³-hybridized carbons (Fsp3) is 0.545. The quantitative estimate of drug-likeness (QED) is 0.418. The highest BCUT2D eigenvalue weighted by molar-refractivity contribution is 7.98. The highest BCUT2D eigenvalue weighted by Gasteiger charge is 2.15. The van der Waals surface area contributed by atoms with Crippen LogP contribution in [0.1, 0.15) is 35.7 Å². The third-order valence-electron chi connectivity index (χ3n) is 2.11. The number of amides is 1. The summed E-state index contributed by atoms with van der Waals surface area (Å²) in [5, 5.41) is 0. The molecule has 0 saturated carbocycles. The van der Waals surface area contributed by atoms with Crippen molar-refractivity contribution in [1.29, 1.82) is 0 Å². The zero-order chi connectivity index (χ0) is 13.1. The topological polar surface area (TPSA) is 94.3 Å². The Hall–Kier alpha value is -0.980. The van der Waals surface area contributed by atoms with Crippen LogP contribution in [-0.4, -0.2) is 17.2 Å². The smallest absolute Gasteiger partial charge is 0.300 e. The van der Waals surface area contributed by atoms with Crippen molar-refractivity contribution < 1.29 is 9.21 Å². The van der Waals surface area contributed by atoms with E-state index in [0.717, 1.165) is 22.8 Å². The normalized spacial score (nSPS) is 11.6. The van der Waals surface area contributed by atoms with Crippen LogP contribution in [0.2, 0.25) is 0 Å². The molecular formula is C11H19N3O2S. The van der Waals surface area contributed by atoms with Gasteiger partial charge in [0.25, 0.3) is 0 Å². The molecule has 5 N–H and O–H groups in total. The van der Waals surface area contributed by atoms with Crippen LogP contribution in [0.3, 0.4) is 0 Å². The van der Waals surface area contributed by atoms with Crippen molar-refractivity contribution in [1.82, 2.24) is 5.43 Å². The van der Waals surface area contributed by atoms with E-state index in [2.05, 4.69) is 0 Å². The minimum atomic E-state index is -0.413. The molecule has 1 heterocycles. The number of furan rings is 1. The Bertz CT molecular complexity index is 396. The van der Waals surface area contributed by atoms with Gasteiger partial charge in [-0.1, -0.05) is 0 Å². The SMILES string of the molecule is Cc1oc(C(=O)NN)cc1CSCC(C)(C)N. The van der Waals surface area contributed by atoms with Gasteiger partial charge in [0.15, 0.2) is 5.76 Å². The lowest BCUT2D eigenvalue weighted by atomic mass is 10.1. The molecule has 0 radical (unpaired) electrons. The van der Waals surface area contributed by atoms with E-state index in [1.807, 2.05) is 26.2 Å². The molecule has 0 spiro atoms. The molecule has 0 aliphatic heterocycles. The average molecular weight is 257 g/mol. The Kier molecular flexibility index (Phi) is 4.62. The van der Waals surface area contributed by atoms with Crippen LogP contribution in [0.5, 0.6) is 0 Å². The van der Waals surface area contributed by atoms with Gasteiger partial charge in [0.2, 0.25) is 0 Å². The molecular weight excluding hydrogens is 238 g/mol. The van der Waals surface area contributed by atoms with Crippen molar-refractivity contribution >= 4 is 17.7 Å². The number of nitrogen functional groups attached to an aromatic ring is 1. The molecule has 1 aromatic rings. The lowest BCUT2D eigenvalue weighted by Crippen LogP contribution is -2.34. The molecule has 0 fully saturated rings. The summed E-state index contributed by atoms with van der Waals surface area (Å²) in [4.78, 5) is 11.3. The highest BCUT2D eigenvalue weighted by atomic mass is 32.2. The number of hydrazine groups is 1.